The maximum Gasteiger partial charge on any atom is 0.331 e. The lowest BCUT2D eigenvalue weighted by molar-refractivity contribution is -0.132. The summed E-state index contributed by atoms with van der Waals surface area (Å²) in [4.78, 5) is 38.8. The summed E-state index contributed by atoms with van der Waals surface area (Å²) in [7, 11) is 0. The van der Waals surface area contributed by atoms with Crippen LogP contribution in [0.3, 0.4) is 0 Å². The van der Waals surface area contributed by atoms with Gasteiger partial charge in [-0.3, -0.25) is 19.8 Å². The molecule has 2 aliphatic rings. The van der Waals surface area contributed by atoms with Crippen molar-refractivity contribution >= 4 is 23.9 Å². The van der Waals surface area contributed by atoms with E-state index in [1.807, 2.05) is 0 Å². The van der Waals surface area contributed by atoms with E-state index in [0.29, 0.717) is 11.4 Å². The van der Waals surface area contributed by atoms with Gasteiger partial charge in [0, 0.05) is 23.6 Å². The molecule has 144 valence electrons. The van der Waals surface area contributed by atoms with Crippen molar-refractivity contribution in [2.45, 2.75) is 38.1 Å². The monoisotopic (exact) mass is 381 g/mol. The Morgan fingerprint density at radius 1 is 1.00 bits per heavy atom. The molecule has 1 saturated carbocycles. The second-order valence-electron chi connectivity index (χ2n) is 7.06. The Morgan fingerprint density at radius 3 is 2.43 bits per heavy atom. The highest BCUT2D eigenvalue weighted by molar-refractivity contribution is 6.31. The van der Waals surface area contributed by atoms with E-state index in [-0.39, 0.29) is 17.4 Å². The lowest BCUT2D eigenvalue weighted by atomic mass is 9.93. The molecule has 2 fully saturated rings. The van der Waals surface area contributed by atoms with Crippen molar-refractivity contribution in [1.82, 2.24) is 14.8 Å². The van der Waals surface area contributed by atoms with Crippen LogP contribution in [0.2, 0.25) is 0 Å². The van der Waals surface area contributed by atoms with Crippen LogP contribution in [0.15, 0.2) is 48.2 Å². The molecule has 2 aromatic rings. The number of rotatable bonds is 3. The lowest BCUT2D eigenvalue weighted by Crippen LogP contribution is -2.58. The zero-order valence-corrected chi connectivity index (χ0v) is 15.2. The molecule has 2 heterocycles. The zero-order valence-electron chi connectivity index (χ0n) is 15.2. The van der Waals surface area contributed by atoms with E-state index in [0.717, 1.165) is 32.1 Å². The van der Waals surface area contributed by atoms with E-state index >= 15 is 0 Å². The molecule has 1 aliphatic heterocycles. The van der Waals surface area contributed by atoms with E-state index < -0.39 is 17.8 Å². The van der Waals surface area contributed by atoms with Crippen molar-refractivity contribution in [3.63, 3.8) is 0 Å². The molecule has 6 nitrogen and oxygen atoms in total. The molecule has 1 saturated heterocycles. The van der Waals surface area contributed by atoms with Gasteiger partial charge in [-0.15, -0.1) is 0 Å². The van der Waals surface area contributed by atoms with Crippen LogP contribution in [0.5, 0.6) is 0 Å². The van der Waals surface area contributed by atoms with Crippen molar-refractivity contribution in [2.75, 3.05) is 0 Å². The molecule has 28 heavy (non-hydrogen) atoms. The Morgan fingerprint density at radius 2 is 1.71 bits per heavy atom. The van der Waals surface area contributed by atoms with Gasteiger partial charge in [-0.05, 0) is 55.3 Å². The van der Waals surface area contributed by atoms with Gasteiger partial charge in [0.25, 0.3) is 11.8 Å². The number of carbonyl (C=O) groups is 3. The molecule has 1 aromatic heterocycles. The summed E-state index contributed by atoms with van der Waals surface area (Å²) >= 11 is 0. The van der Waals surface area contributed by atoms with Crippen LogP contribution in [0.25, 0.3) is 11.8 Å². The van der Waals surface area contributed by atoms with Crippen LogP contribution in [0.4, 0.5) is 9.18 Å². The van der Waals surface area contributed by atoms with Gasteiger partial charge in [-0.25, -0.2) is 9.18 Å². The first-order valence-corrected chi connectivity index (χ1v) is 9.38. The van der Waals surface area contributed by atoms with Gasteiger partial charge < -0.3 is 4.57 Å². The second-order valence-corrected chi connectivity index (χ2v) is 7.06. The zero-order chi connectivity index (χ0) is 19.7. The predicted octanol–water partition coefficient (Wildman–Crippen LogP) is 3.41. The molecular formula is C21H20FN3O3. The first-order valence-electron chi connectivity index (χ1n) is 9.38. The van der Waals surface area contributed by atoms with Crippen LogP contribution in [-0.2, 0) is 9.59 Å². The average molecular weight is 381 g/mol. The first kappa shape index (κ1) is 18.2. The molecular weight excluding hydrogens is 361 g/mol. The summed E-state index contributed by atoms with van der Waals surface area (Å²) in [5.41, 5.74) is 1.21. The number of amides is 4. The van der Waals surface area contributed by atoms with Crippen LogP contribution < -0.4 is 5.32 Å². The normalized spacial score (nSPS) is 20.0. The van der Waals surface area contributed by atoms with Gasteiger partial charge in [-0.2, -0.15) is 0 Å². The minimum atomic E-state index is -0.700. The summed E-state index contributed by atoms with van der Waals surface area (Å²) in [6.07, 6.45) is 7.76. The number of carbonyl (C=O) groups excluding carboxylic acids is 3. The van der Waals surface area contributed by atoms with Crippen molar-refractivity contribution in [3.8, 4) is 5.69 Å². The number of hydrogen-bond acceptors (Lipinski definition) is 3. The topological polar surface area (TPSA) is 71.4 Å². The number of aromatic nitrogens is 1. The van der Waals surface area contributed by atoms with Gasteiger partial charge in [0.2, 0.25) is 0 Å². The molecule has 0 bridgehead atoms. The highest BCUT2D eigenvalue weighted by Gasteiger charge is 2.40. The van der Waals surface area contributed by atoms with E-state index in [1.54, 1.807) is 35.0 Å². The van der Waals surface area contributed by atoms with Crippen molar-refractivity contribution in [3.05, 3.63) is 59.7 Å². The van der Waals surface area contributed by atoms with Crippen LogP contribution in [-0.4, -0.2) is 33.4 Å². The summed E-state index contributed by atoms with van der Waals surface area (Å²) in [5, 5.41) is 2.29. The SMILES string of the molecule is O=C1NC(=O)N(C2CCCCC2)C(=O)C1=Cc1cccn1-c1ccc(F)cc1. The summed E-state index contributed by atoms with van der Waals surface area (Å²) in [6, 6.07) is 8.59. The largest absolute Gasteiger partial charge is 0.331 e. The van der Waals surface area contributed by atoms with Gasteiger partial charge in [-0.1, -0.05) is 19.3 Å². The third kappa shape index (κ3) is 3.35. The predicted molar refractivity (Wildman–Crippen MR) is 101 cm³/mol. The lowest BCUT2D eigenvalue weighted by Gasteiger charge is -2.35. The fraction of sp³-hybridized carbons (Fsp3) is 0.286. The standard InChI is InChI=1S/C21H20FN3O3/c22-14-8-10-15(11-9-14)24-12-4-7-17(24)13-18-19(26)23-21(28)25(20(18)27)16-5-2-1-3-6-16/h4,7-13,16H,1-3,5-6H2,(H,23,26,28). The number of hydrogen-bond donors (Lipinski definition) is 1. The molecule has 1 aliphatic carbocycles. The Bertz CT molecular complexity index is 956. The van der Waals surface area contributed by atoms with Crippen LogP contribution >= 0.6 is 0 Å². The number of halogens is 1. The number of nitrogens with zero attached hydrogens (tertiary/aromatic N) is 2. The number of barbiturate groups is 1. The third-order valence-electron chi connectivity index (χ3n) is 5.25. The fourth-order valence-corrected chi connectivity index (χ4v) is 3.84. The first-order chi connectivity index (χ1) is 13.5. The number of benzene rings is 1. The second kappa shape index (κ2) is 7.42. The maximum absolute atomic E-state index is 13.2. The molecule has 0 radical (unpaired) electrons. The highest BCUT2D eigenvalue weighted by Crippen LogP contribution is 2.26. The Kier molecular flexibility index (Phi) is 4.81. The van der Waals surface area contributed by atoms with Crippen LogP contribution in [0.1, 0.15) is 37.8 Å². The number of urea groups is 1. The van der Waals surface area contributed by atoms with E-state index in [2.05, 4.69) is 5.32 Å². The van der Waals surface area contributed by atoms with Crippen molar-refractivity contribution < 1.29 is 18.8 Å². The number of imide groups is 2. The minimum Gasteiger partial charge on any atom is -0.317 e. The Hall–Kier alpha value is -3.22. The summed E-state index contributed by atoms with van der Waals surface area (Å²) in [5.74, 6) is -1.61. The maximum atomic E-state index is 13.2. The third-order valence-corrected chi connectivity index (χ3v) is 5.25. The summed E-state index contributed by atoms with van der Waals surface area (Å²) in [6.45, 7) is 0. The van der Waals surface area contributed by atoms with Gasteiger partial charge in [0.05, 0.1) is 0 Å². The molecule has 7 heteroatoms. The fourth-order valence-electron chi connectivity index (χ4n) is 3.84. The molecule has 0 spiro atoms. The quantitative estimate of drug-likeness (QED) is 0.654. The van der Waals surface area contributed by atoms with Crippen LogP contribution in [0, 0.1) is 5.82 Å². The molecule has 1 aromatic carbocycles. The molecule has 4 amide bonds. The van der Waals surface area contributed by atoms with Gasteiger partial charge in [0.1, 0.15) is 11.4 Å². The Balaban J connectivity index is 1.68. The van der Waals surface area contributed by atoms with E-state index in [1.165, 1.54) is 23.1 Å². The molecule has 1 N–H and O–H groups in total. The van der Waals surface area contributed by atoms with E-state index in [4.69, 9.17) is 0 Å². The van der Waals surface area contributed by atoms with Crippen molar-refractivity contribution in [2.24, 2.45) is 0 Å². The summed E-state index contributed by atoms with van der Waals surface area (Å²) < 4.78 is 14.9. The molecule has 0 unspecified atom stereocenters. The average Bonchev–Trinajstić information content (AvgIpc) is 3.15. The van der Waals surface area contributed by atoms with Crippen molar-refractivity contribution in [1.29, 1.82) is 0 Å². The van der Waals surface area contributed by atoms with Gasteiger partial charge >= 0.3 is 6.03 Å². The van der Waals surface area contributed by atoms with Gasteiger partial charge in [0.15, 0.2) is 0 Å². The molecule has 0 atom stereocenters. The number of nitrogens with one attached hydrogen (secondary N) is 1. The van der Waals surface area contributed by atoms with E-state index in [9.17, 15) is 18.8 Å². The Labute approximate surface area is 161 Å². The highest BCUT2D eigenvalue weighted by atomic mass is 19.1. The minimum absolute atomic E-state index is 0.0766. The smallest absolute Gasteiger partial charge is 0.317 e. The molecule has 4 rings (SSSR count).